The number of carboxylic acids is 3. The second kappa shape index (κ2) is 11.3. The molecule has 0 aromatic carbocycles. The lowest BCUT2D eigenvalue weighted by atomic mass is 10.2. The van der Waals surface area contributed by atoms with Gasteiger partial charge in [-0.15, -0.1) is 0 Å². The number of ether oxygens (including phenoxy) is 1. The van der Waals surface area contributed by atoms with Gasteiger partial charge in [-0.2, -0.15) is 0 Å². The van der Waals surface area contributed by atoms with E-state index in [1.807, 2.05) is 21.1 Å². The van der Waals surface area contributed by atoms with Crippen LogP contribution in [0.4, 0.5) is 0 Å². The number of aliphatic hydroxyl groups excluding tert-OH is 2. The summed E-state index contributed by atoms with van der Waals surface area (Å²) in [4.78, 5) is 41.2. The summed E-state index contributed by atoms with van der Waals surface area (Å²) in [5.41, 5.74) is 0. The highest BCUT2D eigenvalue weighted by molar-refractivity contribution is 5.83. The summed E-state index contributed by atoms with van der Waals surface area (Å²) in [6.45, 7) is 2.18. The Kier molecular flexibility index (Phi) is 11.3. The predicted molar refractivity (Wildman–Crippen MR) is 82.6 cm³/mol. The van der Waals surface area contributed by atoms with Gasteiger partial charge in [0.25, 0.3) is 0 Å². The Morgan fingerprint density at radius 1 is 0.920 bits per heavy atom. The number of hydrogen-bond donors (Lipinski definition) is 5. The Labute approximate surface area is 144 Å². The molecule has 0 bridgehead atoms. The highest BCUT2D eigenvalue weighted by Gasteiger charge is 2.29. The van der Waals surface area contributed by atoms with Crippen molar-refractivity contribution < 1.29 is 53.9 Å². The molecule has 0 saturated carbocycles. The van der Waals surface area contributed by atoms with E-state index in [1.54, 1.807) is 6.92 Å². The number of carbonyl (C=O) groups excluding carboxylic acids is 1. The van der Waals surface area contributed by atoms with Crippen molar-refractivity contribution in [2.75, 3.05) is 27.7 Å². The quantitative estimate of drug-likeness (QED) is 0.234. The molecule has 25 heavy (non-hydrogen) atoms. The number of nitrogens with zero attached hydrogens (tertiary/aromatic N) is 1. The van der Waals surface area contributed by atoms with Crippen LogP contribution in [0.25, 0.3) is 0 Å². The molecular weight excluding hydrogens is 342 g/mol. The Morgan fingerprint density at radius 2 is 1.32 bits per heavy atom. The average Bonchev–Trinajstić information content (AvgIpc) is 2.43. The second-order valence-corrected chi connectivity index (χ2v) is 6.10. The van der Waals surface area contributed by atoms with E-state index in [1.165, 1.54) is 0 Å². The molecule has 0 amide bonds. The standard InChI is InChI=1S/C10H19NO4.C4H6O6/c1-5-10(14)15-8(6-9(12)13)7-11(2,3)4;5-1(3(7)8)2(6)4(9)10/h8H,5-7H2,1-4H3;1-2,5-6H,(H,7,8)(H,9,10)/p+1/t8-;1-,2-/m11/s1. The van der Waals surface area contributed by atoms with Gasteiger partial charge in [-0.3, -0.25) is 9.59 Å². The van der Waals surface area contributed by atoms with Gasteiger partial charge in [-0.25, -0.2) is 9.59 Å². The topological polar surface area (TPSA) is 179 Å². The number of esters is 1. The SMILES string of the molecule is CCC(=O)O[C@H](CC(=O)O)C[N+](C)(C)C.O=C(O)[C@H](O)[C@@H](O)C(=O)O. The number of carboxylic acid groups (broad SMARTS) is 3. The molecule has 0 spiro atoms. The molecule has 11 nitrogen and oxygen atoms in total. The molecule has 0 radical (unpaired) electrons. The van der Waals surface area contributed by atoms with Crippen molar-refractivity contribution in [3.8, 4) is 0 Å². The fraction of sp³-hybridized carbons (Fsp3) is 0.714. The third-order valence-corrected chi connectivity index (χ3v) is 2.55. The van der Waals surface area contributed by atoms with Crippen LogP contribution in [0.2, 0.25) is 0 Å². The summed E-state index contributed by atoms with van der Waals surface area (Å²) in [7, 11) is 5.78. The van der Waals surface area contributed by atoms with Gasteiger partial charge in [0.1, 0.15) is 6.54 Å². The van der Waals surface area contributed by atoms with Crippen molar-refractivity contribution >= 4 is 23.9 Å². The maximum absolute atomic E-state index is 11.1. The Balaban J connectivity index is 0. The maximum atomic E-state index is 11.1. The van der Waals surface area contributed by atoms with Crippen LogP contribution in [0.1, 0.15) is 19.8 Å². The minimum atomic E-state index is -2.27. The number of likely N-dealkylation sites (N-methyl/N-ethyl adjacent to an activating group) is 1. The monoisotopic (exact) mass is 368 g/mol. The fourth-order valence-electron chi connectivity index (χ4n) is 1.49. The molecule has 0 heterocycles. The Morgan fingerprint density at radius 3 is 1.56 bits per heavy atom. The van der Waals surface area contributed by atoms with Gasteiger partial charge in [0.05, 0.1) is 27.6 Å². The summed E-state index contributed by atoms with van der Waals surface area (Å²) < 4.78 is 5.62. The summed E-state index contributed by atoms with van der Waals surface area (Å²) in [6.07, 6.45) is -4.95. The highest BCUT2D eigenvalue weighted by Crippen LogP contribution is 2.06. The highest BCUT2D eigenvalue weighted by atomic mass is 16.5. The van der Waals surface area contributed by atoms with E-state index < -0.39 is 36.2 Å². The smallest absolute Gasteiger partial charge is 0.335 e. The van der Waals surface area contributed by atoms with Crippen molar-refractivity contribution in [1.82, 2.24) is 0 Å². The predicted octanol–water partition coefficient (Wildman–Crippen LogP) is -1.63. The van der Waals surface area contributed by atoms with Crippen LogP contribution in [-0.4, -0.2) is 99.9 Å². The minimum Gasteiger partial charge on any atom is -0.481 e. The summed E-state index contributed by atoms with van der Waals surface area (Å²) in [6, 6.07) is 0. The van der Waals surface area contributed by atoms with Crippen LogP contribution < -0.4 is 0 Å². The average molecular weight is 368 g/mol. The van der Waals surface area contributed by atoms with Crippen molar-refractivity contribution in [3.63, 3.8) is 0 Å². The van der Waals surface area contributed by atoms with Gasteiger partial charge >= 0.3 is 23.9 Å². The zero-order valence-electron chi connectivity index (χ0n) is 14.6. The molecule has 146 valence electrons. The van der Waals surface area contributed by atoms with Crippen LogP contribution in [-0.2, 0) is 23.9 Å². The van der Waals surface area contributed by atoms with Gasteiger partial charge in [0.15, 0.2) is 18.3 Å². The normalized spacial score (nSPS) is 14.3. The first kappa shape index (κ1) is 25.0. The molecule has 0 aliphatic heterocycles. The molecule has 0 aliphatic carbocycles. The van der Waals surface area contributed by atoms with E-state index in [-0.39, 0.29) is 18.8 Å². The zero-order valence-corrected chi connectivity index (χ0v) is 14.6. The third-order valence-electron chi connectivity index (χ3n) is 2.55. The van der Waals surface area contributed by atoms with Crippen molar-refractivity contribution in [2.45, 2.75) is 38.1 Å². The van der Waals surface area contributed by atoms with Gasteiger partial charge < -0.3 is 34.8 Å². The third kappa shape index (κ3) is 13.9. The first-order chi connectivity index (χ1) is 11.2. The number of carbonyl (C=O) groups is 4. The number of rotatable bonds is 9. The van der Waals surface area contributed by atoms with E-state index in [0.29, 0.717) is 11.0 Å². The van der Waals surface area contributed by atoms with Crippen molar-refractivity contribution in [1.29, 1.82) is 0 Å². The number of aliphatic hydroxyl groups is 2. The first-order valence-corrected chi connectivity index (χ1v) is 7.24. The van der Waals surface area contributed by atoms with Crippen LogP contribution in [0.15, 0.2) is 0 Å². The number of hydrogen-bond acceptors (Lipinski definition) is 7. The largest absolute Gasteiger partial charge is 0.481 e. The molecule has 0 unspecified atom stereocenters. The van der Waals surface area contributed by atoms with E-state index in [4.69, 9.17) is 30.3 Å². The molecule has 0 aromatic heterocycles. The molecule has 0 saturated heterocycles. The summed E-state index contributed by atoms with van der Waals surface area (Å²) in [5.74, 6) is -4.84. The molecule has 11 heteroatoms. The van der Waals surface area contributed by atoms with Crippen molar-refractivity contribution in [3.05, 3.63) is 0 Å². The number of aliphatic carboxylic acids is 3. The lowest BCUT2D eigenvalue weighted by Gasteiger charge is -2.28. The van der Waals surface area contributed by atoms with E-state index in [9.17, 15) is 19.2 Å². The first-order valence-electron chi connectivity index (χ1n) is 7.24. The van der Waals surface area contributed by atoms with E-state index in [2.05, 4.69) is 0 Å². The van der Waals surface area contributed by atoms with E-state index in [0.717, 1.165) is 0 Å². The lowest BCUT2D eigenvalue weighted by molar-refractivity contribution is -0.873. The van der Waals surface area contributed by atoms with Gasteiger partial charge in [-0.1, -0.05) is 6.92 Å². The van der Waals surface area contributed by atoms with E-state index >= 15 is 0 Å². The molecular formula is C14H26NO10+. The van der Waals surface area contributed by atoms with Crippen LogP contribution in [0, 0.1) is 0 Å². The van der Waals surface area contributed by atoms with Gasteiger partial charge in [0.2, 0.25) is 0 Å². The van der Waals surface area contributed by atoms with Crippen LogP contribution in [0.3, 0.4) is 0 Å². The zero-order chi connectivity index (χ0) is 20.4. The lowest BCUT2D eigenvalue weighted by Crippen LogP contribution is -2.43. The van der Waals surface area contributed by atoms with Crippen LogP contribution in [0.5, 0.6) is 0 Å². The molecule has 5 N–H and O–H groups in total. The van der Waals surface area contributed by atoms with Crippen molar-refractivity contribution in [2.24, 2.45) is 0 Å². The fourth-order valence-corrected chi connectivity index (χ4v) is 1.49. The van der Waals surface area contributed by atoms with Gasteiger partial charge in [-0.05, 0) is 0 Å². The Bertz CT molecular complexity index is 453. The molecule has 0 aromatic rings. The van der Waals surface area contributed by atoms with Gasteiger partial charge in [0, 0.05) is 6.42 Å². The molecule has 0 aliphatic rings. The molecule has 0 fully saturated rings. The summed E-state index contributed by atoms with van der Waals surface area (Å²) in [5, 5.41) is 41.2. The molecule has 0 rings (SSSR count). The Hall–Kier alpha value is -2.24. The summed E-state index contributed by atoms with van der Waals surface area (Å²) >= 11 is 0. The molecule has 3 atom stereocenters. The minimum absolute atomic E-state index is 0.138. The van der Waals surface area contributed by atoms with Crippen LogP contribution >= 0.6 is 0 Å². The number of quaternary nitrogens is 1. The maximum Gasteiger partial charge on any atom is 0.335 e. The second-order valence-electron chi connectivity index (χ2n) is 6.10.